The van der Waals surface area contributed by atoms with Crippen molar-refractivity contribution in [2.24, 2.45) is 0 Å². The highest BCUT2D eigenvalue weighted by atomic mass is 19.3. The topological polar surface area (TPSA) is 73.2 Å². The predicted octanol–water partition coefficient (Wildman–Crippen LogP) is 3.91. The van der Waals surface area contributed by atoms with Crippen molar-refractivity contribution >= 4 is 17.4 Å². The molecule has 0 aliphatic carbocycles. The number of anilines is 1. The number of hydrogen-bond acceptors (Lipinski definition) is 4. The lowest BCUT2D eigenvalue weighted by Crippen LogP contribution is -2.24. The second-order valence-corrected chi connectivity index (χ2v) is 5.98. The van der Waals surface area contributed by atoms with Gasteiger partial charge < -0.3 is 10.1 Å². The van der Waals surface area contributed by atoms with Gasteiger partial charge in [0.2, 0.25) is 0 Å². The number of benzene rings is 2. The molecule has 0 bridgehead atoms. The molecule has 3 aromatic rings. The Kier molecular flexibility index (Phi) is 5.49. The highest BCUT2D eigenvalue weighted by molar-refractivity contribution is 6.47. The molecule has 0 saturated carbocycles. The summed E-state index contributed by atoms with van der Waals surface area (Å²) in [5.41, 5.74) is 2.26. The molecule has 0 aliphatic heterocycles. The molecule has 28 heavy (non-hydrogen) atoms. The minimum Gasteiger partial charge on any atom is -0.435 e. The van der Waals surface area contributed by atoms with Crippen molar-refractivity contribution < 1.29 is 23.1 Å². The summed E-state index contributed by atoms with van der Waals surface area (Å²) >= 11 is 0. The van der Waals surface area contributed by atoms with Crippen LogP contribution in [0.25, 0.3) is 5.69 Å². The molecular weight excluding hydrogens is 368 g/mol. The molecule has 0 spiro atoms. The maximum Gasteiger partial charge on any atom is 0.387 e. The first-order chi connectivity index (χ1) is 13.4. The number of para-hydroxylation sites is 1. The Labute approximate surface area is 159 Å². The van der Waals surface area contributed by atoms with Crippen molar-refractivity contribution in [1.82, 2.24) is 9.78 Å². The third-order valence-corrected chi connectivity index (χ3v) is 4.06. The molecule has 0 saturated heterocycles. The number of aromatic nitrogens is 2. The average Bonchev–Trinajstić information content (AvgIpc) is 2.97. The van der Waals surface area contributed by atoms with Crippen molar-refractivity contribution in [3.63, 3.8) is 0 Å². The summed E-state index contributed by atoms with van der Waals surface area (Å²) in [5, 5.41) is 6.81. The fourth-order valence-corrected chi connectivity index (χ4v) is 2.81. The number of aryl methyl sites for hydroxylation is 1. The van der Waals surface area contributed by atoms with Crippen LogP contribution in [0.4, 0.5) is 14.5 Å². The summed E-state index contributed by atoms with van der Waals surface area (Å²) in [4.78, 5) is 25.0. The van der Waals surface area contributed by atoms with Gasteiger partial charge >= 0.3 is 6.61 Å². The van der Waals surface area contributed by atoms with Gasteiger partial charge in [-0.15, -0.1) is 0 Å². The van der Waals surface area contributed by atoms with Gasteiger partial charge in [-0.2, -0.15) is 13.9 Å². The van der Waals surface area contributed by atoms with E-state index < -0.39 is 18.3 Å². The number of carbonyl (C=O) groups is 2. The van der Waals surface area contributed by atoms with Crippen molar-refractivity contribution in [3.05, 3.63) is 71.5 Å². The van der Waals surface area contributed by atoms with Crippen LogP contribution in [0.1, 0.15) is 21.7 Å². The monoisotopic (exact) mass is 385 g/mol. The first-order valence-corrected chi connectivity index (χ1v) is 8.39. The van der Waals surface area contributed by atoms with E-state index in [2.05, 4.69) is 15.2 Å². The predicted molar refractivity (Wildman–Crippen MR) is 99.1 cm³/mol. The second kappa shape index (κ2) is 7.99. The van der Waals surface area contributed by atoms with E-state index in [0.29, 0.717) is 11.4 Å². The van der Waals surface area contributed by atoms with Gasteiger partial charge in [-0.1, -0.05) is 18.2 Å². The third kappa shape index (κ3) is 4.06. The molecule has 0 aliphatic rings. The Bertz CT molecular complexity index is 1000. The first-order valence-electron chi connectivity index (χ1n) is 8.39. The lowest BCUT2D eigenvalue weighted by molar-refractivity contribution is -0.112. The van der Waals surface area contributed by atoms with Crippen LogP contribution < -0.4 is 10.1 Å². The van der Waals surface area contributed by atoms with E-state index in [9.17, 15) is 18.4 Å². The van der Waals surface area contributed by atoms with Gasteiger partial charge in [0.25, 0.3) is 11.7 Å². The Morgan fingerprint density at radius 3 is 2.29 bits per heavy atom. The molecule has 1 heterocycles. The van der Waals surface area contributed by atoms with E-state index in [-0.39, 0.29) is 17.0 Å². The SMILES string of the molecule is Cc1nn(-c2ccccc2)c(C)c1C(=O)C(=O)Nc1ccc(OC(F)F)cc1. The smallest absolute Gasteiger partial charge is 0.387 e. The number of carbonyl (C=O) groups excluding carboxylic acids is 2. The molecule has 8 heteroatoms. The van der Waals surface area contributed by atoms with Crippen molar-refractivity contribution in [3.8, 4) is 11.4 Å². The van der Waals surface area contributed by atoms with Gasteiger partial charge in [0.15, 0.2) is 0 Å². The Morgan fingerprint density at radius 1 is 1.04 bits per heavy atom. The number of Topliss-reactive ketones (excluding diaryl/α,β-unsaturated/α-hetero) is 1. The molecule has 1 amide bonds. The molecule has 0 radical (unpaired) electrons. The van der Waals surface area contributed by atoms with Gasteiger partial charge in [0.05, 0.1) is 22.6 Å². The highest BCUT2D eigenvalue weighted by Crippen LogP contribution is 2.20. The average molecular weight is 385 g/mol. The number of hydrogen-bond donors (Lipinski definition) is 1. The standard InChI is InChI=1S/C20H17F2N3O3/c1-12-17(13(2)25(24-12)15-6-4-3-5-7-15)18(26)19(27)23-14-8-10-16(11-9-14)28-20(21)22/h3-11,20H,1-2H3,(H,23,27). The number of ketones is 1. The molecule has 0 atom stereocenters. The van der Waals surface area contributed by atoms with Crippen molar-refractivity contribution in [2.75, 3.05) is 5.32 Å². The van der Waals surface area contributed by atoms with Crippen LogP contribution in [-0.2, 0) is 4.79 Å². The lowest BCUT2D eigenvalue weighted by Gasteiger charge is -2.08. The zero-order chi connectivity index (χ0) is 20.3. The minimum atomic E-state index is -2.94. The van der Waals surface area contributed by atoms with Crippen LogP contribution in [-0.4, -0.2) is 28.1 Å². The van der Waals surface area contributed by atoms with E-state index >= 15 is 0 Å². The quantitative estimate of drug-likeness (QED) is 0.516. The van der Waals surface area contributed by atoms with Crippen LogP contribution in [0, 0.1) is 13.8 Å². The van der Waals surface area contributed by atoms with Crippen LogP contribution in [0.3, 0.4) is 0 Å². The van der Waals surface area contributed by atoms with Crippen LogP contribution >= 0.6 is 0 Å². The summed E-state index contributed by atoms with van der Waals surface area (Å²) in [6.07, 6.45) is 0. The molecule has 3 rings (SSSR count). The normalized spacial score (nSPS) is 10.8. The molecule has 6 nitrogen and oxygen atoms in total. The van der Waals surface area contributed by atoms with Gasteiger partial charge in [-0.25, -0.2) is 4.68 Å². The summed E-state index contributed by atoms with van der Waals surface area (Å²) in [6, 6.07) is 14.5. The number of ether oxygens (including phenoxy) is 1. The number of alkyl halides is 2. The first kappa shape index (κ1) is 19.2. The Balaban J connectivity index is 1.78. The molecule has 1 aromatic heterocycles. The molecule has 2 aromatic carbocycles. The van der Waals surface area contributed by atoms with Crippen molar-refractivity contribution in [2.45, 2.75) is 20.5 Å². The summed E-state index contributed by atoms with van der Waals surface area (Å²) < 4.78 is 30.2. The summed E-state index contributed by atoms with van der Waals surface area (Å²) in [6.45, 7) is 0.432. The van der Waals surface area contributed by atoms with Gasteiger partial charge in [0, 0.05) is 5.69 Å². The largest absolute Gasteiger partial charge is 0.435 e. The molecule has 144 valence electrons. The fourth-order valence-electron chi connectivity index (χ4n) is 2.81. The third-order valence-electron chi connectivity index (χ3n) is 4.06. The van der Waals surface area contributed by atoms with E-state index in [4.69, 9.17) is 0 Å². The number of rotatable bonds is 6. The van der Waals surface area contributed by atoms with Crippen molar-refractivity contribution in [1.29, 1.82) is 0 Å². The number of halogens is 2. The number of nitrogens with zero attached hydrogens (tertiary/aromatic N) is 2. The number of amides is 1. The van der Waals surface area contributed by atoms with E-state index in [1.807, 2.05) is 30.3 Å². The zero-order valence-corrected chi connectivity index (χ0v) is 15.1. The maximum atomic E-state index is 12.7. The molecular formula is C20H17F2N3O3. The second-order valence-electron chi connectivity index (χ2n) is 5.98. The van der Waals surface area contributed by atoms with Crippen LogP contribution in [0.5, 0.6) is 5.75 Å². The maximum absolute atomic E-state index is 12.7. The van der Waals surface area contributed by atoms with Crippen LogP contribution in [0.2, 0.25) is 0 Å². The Hall–Kier alpha value is -3.55. The Morgan fingerprint density at radius 2 is 1.68 bits per heavy atom. The molecule has 1 N–H and O–H groups in total. The highest BCUT2D eigenvalue weighted by Gasteiger charge is 2.25. The van der Waals surface area contributed by atoms with E-state index in [1.165, 1.54) is 24.3 Å². The van der Waals surface area contributed by atoms with Gasteiger partial charge in [-0.05, 0) is 50.2 Å². The minimum absolute atomic E-state index is 0.0462. The van der Waals surface area contributed by atoms with Crippen LogP contribution in [0.15, 0.2) is 54.6 Å². The zero-order valence-electron chi connectivity index (χ0n) is 15.1. The van der Waals surface area contributed by atoms with E-state index in [1.54, 1.807) is 18.5 Å². The van der Waals surface area contributed by atoms with Gasteiger partial charge in [0.1, 0.15) is 5.75 Å². The summed E-state index contributed by atoms with van der Waals surface area (Å²) in [7, 11) is 0. The molecule has 0 fully saturated rings. The lowest BCUT2D eigenvalue weighted by atomic mass is 10.1. The molecule has 0 unspecified atom stereocenters. The van der Waals surface area contributed by atoms with E-state index in [0.717, 1.165) is 5.69 Å². The van der Waals surface area contributed by atoms with Gasteiger partial charge in [-0.3, -0.25) is 9.59 Å². The fraction of sp³-hybridized carbons (Fsp3) is 0.150. The number of nitrogens with one attached hydrogen (secondary N) is 1. The summed E-state index contributed by atoms with van der Waals surface area (Å²) in [5.74, 6) is -1.62.